The van der Waals surface area contributed by atoms with Gasteiger partial charge >= 0.3 is 0 Å². The number of nitrogens with zero attached hydrogens (tertiary/aromatic N) is 2. The van der Waals surface area contributed by atoms with Gasteiger partial charge in [0, 0.05) is 33.7 Å². The topological polar surface area (TPSA) is 47.1 Å². The van der Waals surface area contributed by atoms with Crippen LogP contribution in [0.5, 0.6) is 5.75 Å². The number of amidine groups is 1. The van der Waals surface area contributed by atoms with Crippen LogP contribution in [0.1, 0.15) is 54.8 Å². The Labute approximate surface area is 303 Å². The molecule has 5 aromatic carbocycles. The van der Waals surface area contributed by atoms with Gasteiger partial charge in [-0.1, -0.05) is 128 Å². The molecule has 4 heteroatoms. The van der Waals surface area contributed by atoms with E-state index >= 15 is 0 Å². The third-order valence-corrected chi connectivity index (χ3v) is 11.2. The van der Waals surface area contributed by atoms with Crippen LogP contribution >= 0.6 is 0 Å². The normalized spacial score (nSPS) is 22.1. The van der Waals surface area contributed by atoms with Crippen molar-refractivity contribution in [3.63, 3.8) is 0 Å². The van der Waals surface area contributed by atoms with Gasteiger partial charge in [0.25, 0.3) is 0 Å². The van der Waals surface area contributed by atoms with E-state index in [1.807, 2.05) is 12.1 Å². The molecule has 0 radical (unpaired) electrons. The van der Waals surface area contributed by atoms with Gasteiger partial charge in [0.15, 0.2) is 5.84 Å². The molecule has 10 rings (SSSR count). The van der Waals surface area contributed by atoms with Crippen molar-refractivity contribution in [3.05, 3.63) is 185 Å². The first kappa shape index (κ1) is 30.8. The molecular formula is C48H38N2O2. The molecule has 0 N–H and O–H groups in total. The molecule has 3 heterocycles. The van der Waals surface area contributed by atoms with E-state index in [1.165, 1.54) is 27.8 Å². The van der Waals surface area contributed by atoms with E-state index in [1.54, 1.807) is 0 Å². The van der Waals surface area contributed by atoms with Crippen molar-refractivity contribution < 1.29 is 9.15 Å². The van der Waals surface area contributed by atoms with Gasteiger partial charge in [-0.15, -0.1) is 0 Å². The lowest BCUT2D eigenvalue weighted by atomic mass is 9.80. The monoisotopic (exact) mass is 674 g/mol. The first-order valence-electron chi connectivity index (χ1n) is 18.5. The summed E-state index contributed by atoms with van der Waals surface area (Å²) >= 11 is 0. The average molecular weight is 675 g/mol. The fourth-order valence-electron chi connectivity index (χ4n) is 8.60. The van der Waals surface area contributed by atoms with Gasteiger partial charge in [0.05, 0.1) is 11.8 Å². The van der Waals surface area contributed by atoms with E-state index in [9.17, 15) is 0 Å². The summed E-state index contributed by atoms with van der Waals surface area (Å²) in [6, 6.07) is 42.7. The summed E-state index contributed by atoms with van der Waals surface area (Å²) in [5, 5.41) is 2.26. The van der Waals surface area contributed by atoms with Crippen molar-refractivity contribution >= 4 is 33.5 Å². The number of ether oxygens (including phenoxy) is 1. The van der Waals surface area contributed by atoms with Crippen molar-refractivity contribution in [2.75, 3.05) is 0 Å². The second kappa shape index (κ2) is 12.6. The maximum absolute atomic E-state index is 6.59. The van der Waals surface area contributed by atoms with Crippen LogP contribution in [-0.2, 0) is 0 Å². The summed E-state index contributed by atoms with van der Waals surface area (Å²) in [6.45, 7) is 2.26. The number of fused-ring (bicyclic) bond motifs is 6. The number of para-hydroxylation sites is 2. The van der Waals surface area contributed by atoms with Crippen LogP contribution in [0.2, 0.25) is 0 Å². The molecule has 2 aliphatic heterocycles. The number of allylic oxidation sites excluding steroid dienone is 3. The molecule has 0 amide bonds. The summed E-state index contributed by atoms with van der Waals surface area (Å²) < 4.78 is 13.0. The van der Waals surface area contributed by atoms with Crippen LogP contribution in [0.3, 0.4) is 0 Å². The van der Waals surface area contributed by atoms with E-state index < -0.39 is 0 Å². The molecule has 0 saturated carbocycles. The van der Waals surface area contributed by atoms with Gasteiger partial charge in [-0.2, -0.15) is 0 Å². The zero-order chi connectivity index (χ0) is 34.6. The third kappa shape index (κ3) is 5.21. The Bertz CT molecular complexity index is 2560. The molecule has 0 bridgehead atoms. The molecule has 2 aliphatic carbocycles. The lowest BCUT2D eigenvalue weighted by Crippen LogP contribution is -2.28. The standard InChI is InChI=1S/C48H38N2O2/c1-2-36-45(33-17-10-15-31(27-33)30-13-4-3-5-14-30)49-48(50-46(36)34-25-26-40-38-19-6-8-23-42(38)51-44(40)29-34)35-18-11-16-32(28-35)37-21-12-22-41-39-20-7-9-24-43(39)52-47(37)41/h3-10,12-15,17-29,36,41,46-47H,2,11,16H2,1H3. The Hall–Kier alpha value is -6.00. The number of rotatable bonds is 6. The van der Waals surface area contributed by atoms with E-state index in [0.717, 1.165) is 75.2 Å². The quantitative estimate of drug-likeness (QED) is 0.177. The maximum atomic E-state index is 6.59. The van der Waals surface area contributed by atoms with Gasteiger partial charge in [-0.25, -0.2) is 4.99 Å². The second-order valence-electron chi connectivity index (χ2n) is 14.2. The van der Waals surface area contributed by atoms with E-state index in [0.29, 0.717) is 0 Å². The Morgan fingerprint density at radius 2 is 1.56 bits per heavy atom. The molecule has 6 aromatic rings. The molecule has 252 valence electrons. The maximum Gasteiger partial charge on any atom is 0.155 e. The number of furan rings is 1. The van der Waals surface area contributed by atoms with Crippen molar-refractivity contribution in [2.24, 2.45) is 15.9 Å². The van der Waals surface area contributed by atoms with Crippen LogP contribution in [0.4, 0.5) is 0 Å². The first-order valence-corrected chi connectivity index (χ1v) is 18.5. The zero-order valence-corrected chi connectivity index (χ0v) is 29.1. The summed E-state index contributed by atoms with van der Waals surface area (Å²) in [5.74, 6) is 2.08. The fourth-order valence-corrected chi connectivity index (χ4v) is 8.60. The molecule has 0 saturated heterocycles. The van der Waals surface area contributed by atoms with Crippen molar-refractivity contribution in [2.45, 2.75) is 44.2 Å². The van der Waals surface area contributed by atoms with Crippen LogP contribution in [0.25, 0.3) is 33.1 Å². The molecule has 1 aromatic heterocycles. The predicted molar refractivity (Wildman–Crippen MR) is 212 cm³/mol. The fraction of sp³-hybridized carbons (Fsp3) is 0.167. The lowest BCUT2D eigenvalue weighted by Gasteiger charge is -2.31. The minimum absolute atomic E-state index is 0.0196. The first-order chi connectivity index (χ1) is 25.7. The summed E-state index contributed by atoms with van der Waals surface area (Å²) in [5.41, 5.74) is 12.4. The van der Waals surface area contributed by atoms with Gasteiger partial charge in [0.1, 0.15) is 23.0 Å². The van der Waals surface area contributed by atoms with Gasteiger partial charge < -0.3 is 9.15 Å². The minimum Gasteiger partial charge on any atom is -0.484 e. The second-order valence-corrected chi connectivity index (χ2v) is 14.2. The Morgan fingerprint density at radius 3 is 2.48 bits per heavy atom. The van der Waals surface area contributed by atoms with Gasteiger partial charge in [-0.05, 0) is 83.0 Å². The van der Waals surface area contributed by atoms with Crippen LogP contribution in [0.15, 0.2) is 183 Å². The Kier molecular flexibility index (Phi) is 7.49. The number of benzene rings is 5. The van der Waals surface area contributed by atoms with E-state index in [4.69, 9.17) is 19.1 Å². The SMILES string of the molecule is CCC1C(c2cccc(-c3ccccc3)c2)=NC(C2=CCCC(C3=CC=CC4c5ccccc5OC34)=C2)=NC1c1ccc2c(c1)oc1ccccc12. The highest BCUT2D eigenvalue weighted by Crippen LogP contribution is 2.46. The molecular weight excluding hydrogens is 637 g/mol. The summed E-state index contributed by atoms with van der Waals surface area (Å²) in [7, 11) is 0. The largest absolute Gasteiger partial charge is 0.484 e. The molecule has 4 aliphatic rings. The highest BCUT2D eigenvalue weighted by Gasteiger charge is 2.38. The highest BCUT2D eigenvalue weighted by atomic mass is 16.5. The molecule has 4 atom stereocenters. The molecule has 0 spiro atoms. The minimum atomic E-state index is -0.126. The number of hydrogen-bond acceptors (Lipinski definition) is 4. The van der Waals surface area contributed by atoms with E-state index in [2.05, 4.69) is 146 Å². The number of aliphatic imine (C=N–C) groups is 2. The smallest absolute Gasteiger partial charge is 0.155 e. The predicted octanol–water partition coefficient (Wildman–Crippen LogP) is 11.9. The van der Waals surface area contributed by atoms with Crippen LogP contribution < -0.4 is 4.74 Å². The van der Waals surface area contributed by atoms with Gasteiger partial charge in [-0.3, -0.25) is 4.99 Å². The average Bonchev–Trinajstić information content (AvgIpc) is 3.79. The molecule has 0 fully saturated rings. The summed E-state index contributed by atoms with van der Waals surface area (Å²) in [4.78, 5) is 11.0. The lowest BCUT2D eigenvalue weighted by molar-refractivity contribution is 0.257. The third-order valence-electron chi connectivity index (χ3n) is 11.2. The molecule has 4 unspecified atom stereocenters. The zero-order valence-electron chi connectivity index (χ0n) is 29.1. The highest BCUT2D eigenvalue weighted by molar-refractivity contribution is 6.16. The van der Waals surface area contributed by atoms with Crippen LogP contribution in [0, 0.1) is 5.92 Å². The molecule has 4 nitrogen and oxygen atoms in total. The Balaban J connectivity index is 1.08. The number of hydrogen-bond donors (Lipinski definition) is 0. The van der Waals surface area contributed by atoms with Crippen molar-refractivity contribution in [1.82, 2.24) is 0 Å². The van der Waals surface area contributed by atoms with Crippen LogP contribution in [-0.4, -0.2) is 17.7 Å². The van der Waals surface area contributed by atoms with Crippen molar-refractivity contribution in [1.29, 1.82) is 0 Å². The van der Waals surface area contributed by atoms with Gasteiger partial charge in [0.2, 0.25) is 0 Å². The molecule has 52 heavy (non-hydrogen) atoms. The Morgan fingerprint density at radius 1 is 0.750 bits per heavy atom. The van der Waals surface area contributed by atoms with E-state index in [-0.39, 0.29) is 24.0 Å². The van der Waals surface area contributed by atoms with Crippen molar-refractivity contribution in [3.8, 4) is 16.9 Å². The summed E-state index contributed by atoms with van der Waals surface area (Å²) in [6.07, 6.45) is 14.1.